The van der Waals surface area contributed by atoms with Gasteiger partial charge in [0, 0.05) is 17.8 Å². The maximum Gasteiger partial charge on any atom is 0.411 e. The minimum atomic E-state index is -0.866. The molecule has 8 heteroatoms. The molecule has 0 aromatic heterocycles. The summed E-state index contributed by atoms with van der Waals surface area (Å²) >= 11 is 0. The summed E-state index contributed by atoms with van der Waals surface area (Å²) in [5, 5.41) is 5.83. The molecule has 3 aromatic rings. The van der Waals surface area contributed by atoms with Crippen molar-refractivity contribution < 1.29 is 23.9 Å². The highest BCUT2D eigenvalue weighted by Gasteiger charge is 2.47. The first-order valence-electron chi connectivity index (χ1n) is 12.6. The van der Waals surface area contributed by atoms with E-state index in [2.05, 4.69) is 10.6 Å². The van der Waals surface area contributed by atoms with Gasteiger partial charge in [0.2, 0.25) is 5.91 Å². The summed E-state index contributed by atoms with van der Waals surface area (Å²) in [5.74, 6) is 0.329. The Bertz CT molecular complexity index is 1290. The fourth-order valence-corrected chi connectivity index (χ4v) is 4.25. The second-order valence-corrected chi connectivity index (χ2v) is 9.81. The van der Waals surface area contributed by atoms with Crippen LogP contribution in [0.4, 0.5) is 10.5 Å². The quantitative estimate of drug-likeness (QED) is 0.414. The van der Waals surface area contributed by atoms with Gasteiger partial charge in [0.05, 0.1) is 13.7 Å². The van der Waals surface area contributed by atoms with E-state index < -0.39 is 18.2 Å². The number of amides is 3. The fraction of sp³-hybridized carbons (Fsp3) is 0.300. The first kappa shape index (κ1) is 26.7. The van der Waals surface area contributed by atoms with Crippen LogP contribution in [0.25, 0.3) is 0 Å². The van der Waals surface area contributed by atoms with E-state index in [0.717, 1.165) is 11.1 Å². The molecule has 8 nitrogen and oxygen atoms in total. The number of anilines is 1. The second kappa shape index (κ2) is 11.8. The number of nitrogens with one attached hydrogen (secondary N) is 2. The third-order valence-corrected chi connectivity index (χ3v) is 6.34. The lowest BCUT2D eigenvalue weighted by Crippen LogP contribution is -2.47. The molecule has 0 unspecified atom stereocenters. The van der Waals surface area contributed by atoms with E-state index in [1.54, 1.807) is 55.6 Å². The molecular formula is C30H33N3O5. The van der Waals surface area contributed by atoms with E-state index in [1.165, 1.54) is 4.90 Å². The van der Waals surface area contributed by atoms with E-state index in [9.17, 15) is 14.4 Å². The van der Waals surface area contributed by atoms with Crippen LogP contribution in [0.5, 0.6) is 5.75 Å². The molecule has 0 aliphatic carbocycles. The molecule has 38 heavy (non-hydrogen) atoms. The Morgan fingerprint density at radius 2 is 1.74 bits per heavy atom. The molecule has 1 saturated heterocycles. The Hall–Kier alpha value is -4.33. The minimum absolute atomic E-state index is 0.239. The van der Waals surface area contributed by atoms with Crippen molar-refractivity contribution in [2.45, 2.75) is 39.5 Å². The molecule has 0 bridgehead atoms. The van der Waals surface area contributed by atoms with Crippen LogP contribution in [0.2, 0.25) is 0 Å². The van der Waals surface area contributed by atoms with E-state index in [4.69, 9.17) is 9.47 Å². The lowest BCUT2D eigenvalue weighted by atomic mass is 9.99. The van der Waals surface area contributed by atoms with Gasteiger partial charge in [0.1, 0.15) is 5.75 Å². The van der Waals surface area contributed by atoms with Crippen molar-refractivity contribution in [3.05, 3.63) is 95.1 Å². The van der Waals surface area contributed by atoms with Crippen molar-refractivity contribution in [2.75, 3.05) is 19.0 Å². The van der Waals surface area contributed by atoms with E-state index in [1.807, 2.05) is 45.0 Å². The number of ether oxygens (including phenoxy) is 2. The average molecular weight is 516 g/mol. The van der Waals surface area contributed by atoms with Crippen molar-refractivity contribution in [3.63, 3.8) is 0 Å². The number of aryl methyl sites for hydroxylation is 1. The van der Waals surface area contributed by atoms with Crippen LogP contribution < -0.4 is 15.4 Å². The van der Waals surface area contributed by atoms with Gasteiger partial charge in [-0.1, -0.05) is 55.8 Å². The van der Waals surface area contributed by atoms with Gasteiger partial charge in [0.15, 0.2) is 12.1 Å². The number of methoxy groups -OCH3 is 1. The van der Waals surface area contributed by atoms with Gasteiger partial charge < -0.3 is 20.1 Å². The Morgan fingerprint density at radius 3 is 2.39 bits per heavy atom. The lowest BCUT2D eigenvalue weighted by Gasteiger charge is -2.25. The third-order valence-electron chi connectivity index (χ3n) is 6.34. The Kier molecular flexibility index (Phi) is 8.31. The molecule has 3 amide bonds. The summed E-state index contributed by atoms with van der Waals surface area (Å²) in [5.41, 5.74) is 3.61. The zero-order chi connectivity index (χ0) is 27.2. The molecule has 1 heterocycles. The highest BCUT2D eigenvalue weighted by Crippen LogP contribution is 2.35. The molecular weight excluding hydrogens is 482 g/mol. The number of hydrogen-bond acceptors (Lipinski definition) is 5. The summed E-state index contributed by atoms with van der Waals surface area (Å²) in [6.07, 6.45) is -1.40. The van der Waals surface area contributed by atoms with E-state index in [0.29, 0.717) is 29.1 Å². The Labute approximate surface area is 222 Å². The molecule has 4 rings (SSSR count). The number of nitrogens with zero attached hydrogens (tertiary/aromatic N) is 1. The predicted molar refractivity (Wildman–Crippen MR) is 145 cm³/mol. The summed E-state index contributed by atoms with van der Waals surface area (Å²) in [4.78, 5) is 40.7. The maximum atomic E-state index is 13.4. The van der Waals surface area contributed by atoms with Crippen LogP contribution in [0.3, 0.4) is 0 Å². The molecule has 0 spiro atoms. The topological polar surface area (TPSA) is 97.0 Å². The smallest absolute Gasteiger partial charge is 0.411 e. The van der Waals surface area contributed by atoms with Crippen molar-refractivity contribution in [1.29, 1.82) is 0 Å². The molecule has 1 fully saturated rings. The molecule has 1 aliphatic heterocycles. The lowest BCUT2D eigenvalue weighted by molar-refractivity contribution is -0.126. The summed E-state index contributed by atoms with van der Waals surface area (Å²) in [6.45, 7) is 6.72. The number of hydrogen-bond donors (Lipinski definition) is 2. The molecule has 1 aliphatic rings. The molecule has 2 N–H and O–H groups in total. The first-order chi connectivity index (χ1) is 18.2. The first-order valence-corrected chi connectivity index (χ1v) is 12.6. The normalized spacial score (nSPS) is 16.8. The largest absolute Gasteiger partial charge is 0.497 e. The number of cyclic esters (lactones) is 1. The van der Waals surface area contributed by atoms with Crippen molar-refractivity contribution in [1.82, 2.24) is 10.2 Å². The molecule has 0 radical (unpaired) electrons. The highest BCUT2D eigenvalue weighted by molar-refractivity contribution is 6.04. The highest BCUT2D eigenvalue weighted by atomic mass is 16.6. The molecule has 2 atom stereocenters. The number of rotatable bonds is 9. The van der Waals surface area contributed by atoms with Crippen molar-refractivity contribution >= 4 is 23.6 Å². The molecule has 3 aromatic carbocycles. The monoisotopic (exact) mass is 515 g/mol. The second-order valence-electron chi connectivity index (χ2n) is 9.81. The summed E-state index contributed by atoms with van der Waals surface area (Å²) < 4.78 is 10.9. The predicted octanol–water partition coefficient (Wildman–Crippen LogP) is 5.09. The number of benzene rings is 3. The summed E-state index contributed by atoms with van der Waals surface area (Å²) in [7, 11) is 1.56. The van der Waals surface area contributed by atoms with Crippen LogP contribution in [-0.2, 0) is 16.1 Å². The number of carbonyl (C=O) groups is 3. The van der Waals surface area contributed by atoms with Crippen LogP contribution in [0, 0.1) is 12.8 Å². The number of carbonyl (C=O) groups excluding carboxylic acids is 3. The van der Waals surface area contributed by atoms with E-state index in [-0.39, 0.29) is 24.3 Å². The zero-order valence-electron chi connectivity index (χ0n) is 22.1. The zero-order valence-corrected chi connectivity index (χ0v) is 22.1. The Morgan fingerprint density at radius 1 is 1.03 bits per heavy atom. The van der Waals surface area contributed by atoms with Gasteiger partial charge in [-0.05, 0) is 60.4 Å². The van der Waals surface area contributed by atoms with Crippen LogP contribution in [0.1, 0.15) is 47.0 Å². The maximum absolute atomic E-state index is 13.4. The van der Waals surface area contributed by atoms with Gasteiger partial charge in [-0.15, -0.1) is 0 Å². The standard InChI is InChI=1S/C30H33N3O5/c1-19(2)17-31-29(35)26-27(38-30(36)33(26)18-21-10-8-20(3)9-11-21)23-6-5-7-24(16-23)32-28(34)22-12-14-25(37-4)15-13-22/h5-16,19,26-27H,17-18H2,1-4H3,(H,31,35)(H,32,34)/t26-,27-/m1/s1. The van der Waals surface area contributed by atoms with Gasteiger partial charge in [-0.2, -0.15) is 0 Å². The van der Waals surface area contributed by atoms with Crippen molar-refractivity contribution in [2.24, 2.45) is 5.92 Å². The van der Waals surface area contributed by atoms with Gasteiger partial charge in [-0.25, -0.2) is 4.79 Å². The van der Waals surface area contributed by atoms with Gasteiger partial charge in [0.25, 0.3) is 5.91 Å². The summed E-state index contributed by atoms with van der Waals surface area (Å²) in [6, 6.07) is 20.8. The van der Waals surface area contributed by atoms with E-state index >= 15 is 0 Å². The SMILES string of the molecule is COc1ccc(C(=O)Nc2cccc([C@H]3OC(=O)N(Cc4ccc(C)cc4)[C@H]3C(=O)NCC(C)C)c2)cc1. The van der Waals surface area contributed by atoms with Crippen LogP contribution >= 0.6 is 0 Å². The van der Waals surface area contributed by atoms with Gasteiger partial charge in [-0.3, -0.25) is 14.5 Å². The van der Waals surface area contributed by atoms with Gasteiger partial charge >= 0.3 is 6.09 Å². The fourth-order valence-electron chi connectivity index (χ4n) is 4.25. The van der Waals surface area contributed by atoms with Crippen LogP contribution in [-0.4, -0.2) is 42.5 Å². The van der Waals surface area contributed by atoms with Crippen LogP contribution in [0.15, 0.2) is 72.8 Å². The third kappa shape index (κ3) is 6.32. The molecule has 0 saturated carbocycles. The van der Waals surface area contributed by atoms with Crippen molar-refractivity contribution in [3.8, 4) is 5.75 Å². The minimum Gasteiger partial charge on any atom is -0.497 e. The average Bonchev–Trinajstić information content (AvgIpc) is 3.24. The Balaban J connectivity index is 1.58. The molecule has 198 valence electrons.